The molecule has 2 aromatic rings. The van der Waals surface area contributed by atoms with Crippen LogP contribution < -0.4 is 0 Å². The summed E-state index contributed by atoms with van der Waals surface area (Å²) < 4.78 is 5.66. The molecule has 0 aliphatic carbocycles. The zero-order valence-electron chi connectivity index (χ0n) is 10.0. The van der Waals surface area contributed by atoms with Crippen molar-refractivity contribution in [2.24, 2.45) is 0 Å². The molecule has 94 valence electrons. The van der Waals surface area contributed by atoms with Crippen LogP contribution in [0.1, 0.15) is 5.76 Å². The van der Waals surface area contributed by atoms with Gasteiger partial charge in [0.2, 0.25) is 0 Å². The molecule has 0 aliphatic heterocycles. The van der Waals surface area contributed by atoms with Crippen molar-refractivity contribution in [1.29, 1.82) is 0 Å². The molecular formula is C14H15NO3. The van der Waals surface area contributed by atoms with Gasteiger partial charge in [0.05, 0.1) is 13.1 Å². The van der Waals surface area contributed by atoms with Gasteiger partial charge in [-0.1, -0.05) is 24.3 Å². The molecule has 0 unspecified atom stereocenters. The molecule has 4 heteroatoms. The van der Waals surface area contributed by atoms with Gasteiger partial charge in [0.25, 0.3) is 0 Å². The van der Waals surface area contributed by atoms with E-state index in [1.54, 1.807) is 11.0 Å². The van der Waals surface area contributed by atoms with Gasteiger partial charge in [0.15, 0.2) is 0 Å². The first-order valence-electron chi connectivity index (χ1n) is 5.71. The maximum absolute atomic E-state index is 10.7. The average molecular weight is 245 g/mol. The third-order valence-electron chi connectivity index (χ3n) is 2.60. The zero-order valence-corrected chi connectivity index (χ0v) is 10.0. The summed E-state index contributed by atoms with van der Waals surface area (Å²) in [6.07, 6.45) is 1.69. The van der Waals surface area contributed by atoms with Gasteiger partial charge in [-0.3, -0.25) is 9.69 Å². The summed E-state index contributed by atoms with van der Waals surface area (Å²) in [5, 5.41) is 9.85. The van der Waals surface area contributed by atoms with E-state index in [9.17, 15) is 4.79 Å². The van der Waals surface area contributed by atoms with Crippen LogP contribution in [0, 0.1) is 0 Å². The van der Waals surface area contributed by atoms with Crippen LogP contribution in [0.2, 0.25) is 0 Å². The molecule has 0 saturated carbocycles. The summed E-state index contributed by atoms with van der Waals surface area (Å²) in [6.45, 7) is 4.58. The summed E-state index contributed by atoms with van der Waals surface area (Å²) in [5.41, 5.74) is 0.821. The number of carboxylic acids is 1. The molecule has 0 atom stereocenters. The van der Waals surface area contributed by atoms with Crippen LogP contribution in [0.4, 0.5) is 0 Å². The molecule has 18 heavy (non-hydrogen) atoms. The fraction of sp³-hybridized carbons (Fsp3) is 0.214. The second-order valence-electron chi connectivity index (χ2n) is 4.10. The van der Waals surface area contributed by atoms with Crippen LogP contribution in [0.5, 0.6) is 0 Å². The van der Waals surface area contributed by atoms with Crippen molar-refractivity contribution in [2.75, 3.05) is 13.1 Å². The Labute approximate surface area is 105 Å². The van der Waals surface area contributed by atoms with E-state index in [0.717, 1.165) is 16.7 Å². The molecule has 4 nitrogen and oxygen atoms in total. The highest BCUT2D eigenvalue weighted by molar-refractivity contribution is 5.77. The fourth-order valence-corrected chi connectivity index (χ4v) is 1.89. The van der Waals surface area contributed by atoms with E-state index in [2.05, 4.69) is 6.58 Å². The molecule has 0 spiro atoms. The summed E-state index contributed by atoms with van der Waals surface area (Å²) in [4.78, 5) is 12.5. The van der Waals surface area contributed by atoms with Gasteiger partial charge in [0.1, 0.15) is 11.3 Å². The minimum Gasteiger partial charge on any atom is -0.480 e. The monoisotopic (exact) mass is 245 g/mol. The molecule has 1 aromatic carbocycles. The molecule has 0 amide bonds. The topological polar surface area (TPSA) is 53.7 Å². The summed E-state index contributed by atoms with van der Waals surface area (Å²) >= 11 is 0. The van der Waals surface area contributed by atoms with Crippen molar-refractivity contribution in [3.05, 3.63) is 48.7 Å². The number of furan rings is 1. The number of carbonyl (C=O) groups is 1. The number of hydrogen-bond donors (Lipinski definition) is 1. The van der Waals surface area contributed by atoms with Crippen molar-refractivity contribution < 1.29 is 14.3 Å². The molecule has 0 radical (unpaired) electrons. The van der Waals surface area contributed by atoms with Crippen molar-refractivity contribution in [1.82, 2.24) is 4.90 Å². The Bertz CT molecular complexity index is 526. The van der Waals surface area contributed by atoms with E-state index in [4.69, 9.17) is 9.52 Å². The largest absolute Gasteiger partial charge is 0.480 e. The molecule has 2 rings (SSSR count). The van der Waals surface area contributed by atoms with Crippen molar-refractivity contribution in [2.45, 2.75) is 6.54 Å². The van der Waals surface area contributed by atoms with Crippen LogP contribution in [0.3, 0.4) is 0 Å². The Balaban J connectivity index is 2.14. The molecule has 1 aromatic heterocycles. The van der Waals surface area contributed by atoms with Gasteiger partial charge >= 0.3 is 5.97 Å². The molecule has 1 heterocycles. The zero-order chi connectivity index (χ0) is 13.0. The van der Waals surface area contributed by atoms with Gasteiger partial charge in [-0.15, -0.1) is 6.58 Å². The van der Waals surface area contributed by atoms with Crippen molar-refractivity contribution >= 4 is 16.9 Å². The SMILES string of the molecule is C=CCN(CC(=O)O)Cc1cc2ccccc2o1. The van der Waals surface area contributed by atoms with E-state index in [0.29, 0.717) is 13.1 Å². The highest BCUT2D eigenvalue weighted by Crippen LogP contribution is 2.19. The number of hydrogen-bond acceptors (Lipinski definition) is 3. The Hall–Kier alpha value is -2.07. The number of rotatable bonds is 6. The minimum atomic E-state index is -0.854. The van der Waals surface area contributed by atoms with Crippen molar-refractivity contribution in [3.63, 3.8) is 0 Å². The number of nitrogens with zero attached hydrogens (tertiary/aromatic N) is 1. The lowest BCUT2D eigenvalue weighted by atomic mass is 10.2. The number of carboxylic acid groups (broad SMARTS) is 1. The summed E-state index contributed by atoms with van der Waals surface area (Å²) in [5.74, 6) is -0.0905. The minimum absolute atomic E-state index is 0.0247. The number of fused-ring (bicyclic) bond motifs is 1. The summed E-state index contributed by atoms with van der Waals surface area (Å²) in [6, 6.07) is 9.66. The Kier molecular flexibility index (Phi) is 3.79. The van der Waals surface area contributed by atoms with Crippen LogP contribution >= 0.6 is 0 Å². The first-order valence-corrected chi connectivity index (χ1v) is 5.71. The van der Waals surface area contributed by atoms with E-state index in [-0.39, 0.29) is 6.54 Å². The highest BCUT2D eigenvalue weighted by atomic mass is 16.4. The van der Waals surface area contributed by atoms with Gasteiger partial charge in [-0.2, -0.15) is 0 Å². The van der Waals surface area contributed by atoms with E-state index in [1.807, 2.05) is 30.3 Å². The maximum Gasteiger partial charge on any atom is 0.317 e. The molecular weight excluding hydrogens is 230 g/mol. The quantitative estimate of drug-likeness (QED) is 0.794. The molecule has 0 fully saturated rings. The Morgan fingerprint density at radius 3 is 2.89 bits per heavy atom. The number of benzene rings is 1. The molecule has 0 saturated heterocycles. The van der Waals surface area contributed by atoms with Gasteiger partial charge in [-0.25, -0.2) is 0 Å². The molecule has 1 N–H and O–H groups in total. The molecule has 0 aliphatic rings. The average Bonchev–Trinajstić information content (AvgIpc) is 2.70. The first-order chi connectivity index (χ1) is 8.69. The van der Waals surface area contributed by atoms with E-state index in [1.165, 1.54) is 0 Å². The fourth-order valence-electron chi connectivity index (χ4n) is 1.89. The first kappa shape index (κ1) is 12.4. The van der Waals surface area contributed by atoms with Crippen molar-refractivity contribution in [3.8, 4) is 0 Å². The van der Waals surface area contributed by atoms with Gasteiger partial charge < -0.3 is 9.52 Å². The van der Waals surface area contributed by atoms with Gasteiger partial charge in [0, 0.05) is 11.9 Å². The highest BCUT2D eigenvalue weighted by Gasteiger charge is 2.11. The standard InChI is InChI=1S/C14H15NO3/c1-2-7-15(10-14(16)17)9-12-8-11-5-3-4-6-13(11)18-12/h2-6,8H,1,7,9-10H2,(H,16,17). The Morgan fingerprint density at radius 2 is 2.22 bits per heavy atom. The van der Waals surface area contributed by atoms with Gasteiger partial charge in [-0.05, 0) is 12.1 Å². The number of para-hydroxylation sites is 1. The van der Waals surface area contributed by atoms with Crippen LogP contribution in [0.15, 0.2) is 47.4 Å². The smallest absolute Gasteiger partial charge is 0.317 e. The Morgan fingerprint density at radius 1 is 1.44 bits per heavy atom. The lowest BCUT2D eigenvalue weighted by molar-refractivity contribution is -0.138. The lowest BCUT2D eigenvalue weighted by Gasteiger charge is -2.16. The van der Waals surface area contributed by atoms with E-state index >= 15 is 0 Å². The predicted molar refractivity (Wildman–Crippen MR) is 69.3 cm³/mol. The number of aliphatic carboxylic acids is 1. The van der Waals surface area contributed by atoms with Crippen LogP contribution in [-0.2, 0) is 11.3 Å². The second kappa shape index (κ2) is 5.51. The lowest BCUT2D eigenvalue weighted by Crippen LogP contribution is -2.29. The van der Waals surface area contributed by atoms with Crippen LogP contribution in [0.25, 0.3) is 11.0 Å². The van der Waals surface area contributed by atoms with Crippen LogP contribution in [-0.4, -0.2) is 29.1 Å². The maximum atomic E-state index is 10.7. The predicted octanol–water partition coefficient (Wildman–Crippen LogP) is 2.51. The van der Waals surface area contributed by atoms with E-state index < -0.39 is 5.97 Å². The third kappa shape index (κ3) is 2.99. The normalized spacial score (nSPS) is 10.9. The summed E-state index contributed by atoms with van der Waals surface area (Å²) in [7, 11) is 0. The molecule has 0 bridgehead atoms. The third-order valence-corrected chi connectivity index (χ3v) is 2.60. The second-order valence-corrected chi connectivity index (χ2v) is 4.10.